The van der Waals surface area contributed by atoms with Crippen molar-refractivity contribution in [2.75, 3.05) is 23.3 Å². The molecule has 0 radical (unpaired) electrons. The molecule has 1 aliphatic heterocycles. The third-order valence-corrected chi connectivity index (χ3v) is 6.14. The molecule has 1 N–H and O–H groups in total. The normalized spacial score (nSPS) is 17.3. The highest BCUT2D eigenvalue weighted by atomic mass is 32.1. The van der Waals surface area contributed by atoms with Gasteiger partial charge in [-0.3, -0.25) is 4.79 Å². The van der Waals surface area contributed by atoms with E-state index in [4.69, 9.17) is 0 Å². The van der Waals surface area contributed by atoms with Gasteiger partial charge in [0.05, 0.1) is 16.5 Å². The highest BCUT2D eigenvalue weighted by Crippen LogP contribution is 2.31. The average Bonchev–Trinajstić information content (AvgIpc) is 3.31. The number of hydrogen-bond donors (Lipinski definition) is 1. The number of carbonyl (C=O) groups excluding carboxylic acids is 1. The van der Waals surface area contributed by atoms with Gasteiger partial charge in [0.2, 0.25) is 11.9 Å². The third-order valence-electron chi connectivity index (χ3n) is 4.35. The second kappa shape index (κ2) is 7.51. The van der Waals surface area contributed by atoms with Crippen molar-refractivity contribution < 1.29 is 4.79 Å². The van der Waals surface area contributed by atoms with E-state index in [9.17, 15) is 4.79 Å². The standard InChI is InChI=1S/C18H19N5OS2/c1-12-5-6-15(26-12)14-11-25-18(21-14)22-16(24)13-4-2-9-23(10-13)17-19-7-3-8-20-17/h3,5-8,11,13H,2,4,9-10H2,1H3,(H,21,22,24). The average molecular weight is 386 g/mol. The van der Waals surface area contributed by atoms with Crippen molar-refractivity contribution in [1.29, 1.82) is 0 Å². The summed E-state index contributed by atoms with van der Waals surface area (Å²) in [6, 6.07) is 5.95. The van der Waals surface area contributed by atoms with Gasteiger partial charge in [-0.25, -0.2) is 15.0 Å². The molecule has 0 aromatic carbocycles. The molecule has 1 amide bonds. The monoisotopic (exact) mass is 385 g/mol. The summed E-state index contributed by atoms with van der Waals surface area (Å²) in [5, 5.41) is 5.63. The molecule has 1 atom stereocenters. The fourth-order valence-corrected chi connectivity index (χ4v) is 4.67. The summed E-state index contributed by atoms with van der Waals surface area (Å²) in [5.74, 6) is 0.632. The molecule has 1 unspecified atom stereocenters. The van der Waals surface area contributed by atoms with E-state index in [-0.39, 0.29) is 11.8 Å². The lowest BCUT2D eigenvalue weighted by Crippen LogP contribution is -2.41. The first-order valence-corrected chi connectivity index (χ1v) is 10.2. The van der Waals surface area contributed by atoms with Crippen LogP contribution < -0.4 is 10.2 Å². The van der Waals surface area contributed by atoms with Crippen LogP contribution in [0.15, 0.2) is 36.0 Å². The van der Waals surface area contributed by atoms with Gasteiger partial charge in [-0.05, 0) is 38.0 Å². The van der Waals surface area contributed by atoms with Crippen LogP contribution >= 0.6 is 22.7 Å². The molecule has 8 heteroatoms. The summed E-state index contributed by atoms with van der Waals surface area (Å²) in [4.78, 5) is 30.3. The van der Waals surface area contributed by atoms with E-state index in [2.05, 4.69) is 44.2 Å². The van der Waals surface area contributed by atoms with Crippen LogP contribution in [0.2, 0.25) is 0 Å². The van der Waals surface area contributed by atoms with Crippen LogP contribution in [0.4, 0.5) is 11.1 Å². The van der Waals surface area contributed by atoms with Crippen molar-refractivity contribution in [2.24, 2.45) is 5.92 Å². The molecule has 26 heavy (non-hydrogen) atoms. The van der Waals surface area contributed by atoms with E-state index in [0.29, 0.717) is 17.6 Å². The first kappa shape index (κ1) is 17.1. The molecule has 6 nitrogen and oxygen atoms in total. The van der Waals surface area contributed by atoms with E-state index in [0.717, 1.165) is 30.0 Å². The van der Waals surface area contributed by atoms with E-state index in [1.807, 2.05) is 5.38 Å². The SMILES string of the molecule is Cc1ccc(-c2csc(NC(=O)C3CCCN(c4ncccn4)C3)n2)s1. The number of amides is 1. The lowest BCUT2D eigenvalue weighted by Gasteiger charge is -2.31. The number of aromatic nitrogens is 3. The molecular weight excluding hydrogens is 366 g/mol. The summed E-state index contributed by atoms with van der Waals surface area (Å²) in [7, 11) is 0. The van der Waals surface area contributed by atoms with E-state index < -0.39 is 0 Å². The van der Waals surface area contributed by atoms with Crippen LogP contribution in [-0.2, 0) is 4.79 Å². The maximum absolute atomic E-state index is 12.7. The summed E-state index contributed by atoms with van der Waals surface area (Å²) in [6.07, 6.45) is 5.29. The molecule has 134 valence electrons. The second-order valence-electron chi connectivity index (χ2n) is 6.27. The minimum atomic E-state index is -0.0797. The van der Waals surface area contributed by atoms with Crippen molar-refractivity contribution in [3.63, 3.8) is 0 Å². The smallest absolute Gasteiger partial charge is 0.231 e. The molecule has 0 bridgehead atoms. The van der Waals surface area contributed by atoms with Crippen LogP contribution in [0.5, 0.6) is 0 Å². The van der Waals surface area contributed by atoms with Gasteiger partial charge in [0.15, 0.2) is 5.13 Å². The Balaban J connectivity index is 1.41. The number of nitrogens with one attached hydrogen (secondary N) is 1. The van der Waals surface area contributed by atoms with E-state index >= 15 is 0 Å². The Bertz CT molecular complexity index is 892. The summed E-state index contributed by atoms with van der Waals surface area (Å²) < 4.78 is 0. The van der Waals surface area contributed by atoms with E-state index in [1.165, 1.54) is 16.2 Å². The zero-order valence-electron chi connectivity index (χ0n) is 14.4. The maximum atomic E-state index is 12.7. The summed E-state index contributed by atoms with van der Waals surface area (Å²) in [6.45, 7) is 3.60. The quantitative estimate of drug-likeness (QED) is 0.739. The Morgan fingerprint density at radius 1 is 1.31 bits per heavy atom. The van der Waals surface area contributed by atoms with Crippen LogP contribution in [0, 0.1) is 12.8 Å². The molecular formula is C18H19N5OS2. The molecule has 1 aliphatic rings. The number of anilines is 2. The van der Waals surface area contributed by atoms with Crippen molar-refractivity contribution in [3.05, 3.63) is 40.8 Å². The lowest BCUT2D eigenvalue weighted by atomic mass is 9.97. The maximum Gasteiger partial charge on any atom is 0.231 e. The Morgan fingerprint density at radius 3 is 2.92 bits per heavy atom. The zero-order chi connectivity index (χ0) is 17.9. The van der Waals surface area contributed by atoms with Gasteiger partial charge in [-0.15, -0.1) is 22.7 Å². The molecule has 1 fully saturated rings. The molecule has 3 aromatic rings. The zero-order valence-corrected chi connectivity index (χ0v) is 16.0. The van der Waals surface area contributed by atoms with Gasteiger partial charge in [0.25, 0.3) is 0 Å². The van der Waals surface area contributed by atoms with Crippen molar-refractivity contribution in [1.82, 2.24) is 15.0 Å². The van der Waals surface area contributed by atoms with Gasteiger partial charge in [-0.2, -0.15) is 0 Å². The van der Waals surface area contributed by atoms with Crippen molar-refractivity contribution in [3.8, 4) is 10.6 Å². The van der Waals surface area contributed by atoms with Crippen molar-refractivity contribution >= 4 is 39.7 Å². The molecule has 1 saturated heterocycles. The Morgan fingerprint density at radius 2 is 2.15 bits per heavy atom. The molecule has 4 rings (SSSR count). The topological polar surface area (TPSA) is 71.0 Å². The minimum Gasteiger partial charge on any atom is -0.340 e. The van der Waals surface area contributed by atoms with Gasteiger partial charge in [0.1, 0.15) is 0 Å². The number of thiazole rings is 1. The largest absolute Gasteiger partial charge is 0.340 e. The van der Waals surface area contributed by atoms with Gasteiger partial charge < -0.3 is 10.2 Å². The fourth-order valence-electron chi connectivity index (χ4n) is 3.05. The number of rotatable bonds is 4. The second-order valence-corrected chi connectivity index (χ2v) is 8.42. The predicted molar refractivity (Wildman–Crippen MR) is 106 cm³/mol. The Labute approximate surface area is 160 Å². The summed E-state index contributed by atoms with van der Waals surface area (Å²) >= 11 is 3.18. The van der Waals surface area contributed by atoms with Crippen molar-refractivity contribution in [2.45, 2.75) is 19.8 Å². The van der Waals surface area contributed by atoms with Gasteiger partial charge >= 0.3 is 0 Å². The minimum absolute atomic E-state index is 0.0221. The highest BCUT2D eigenvalue weighted by molar-refractivity contribution is 7.17. The van der Waals surface area contributed by atoms with Crippen LogP contribution in [-0.4, -0.2) is 33.9 Å². The Kier molecular flexibility index (Phi) is 4.94. The highest BCUT2D eigenvalue weighted by Gasteiger charge is 2.27. The van der Waals surface area contributed by atoms with Gasteiger partial charge in [0, 0.05) is 35.7 Å². The fraction of sp³-hybridized carbons (Fsp3) is 0.333. The first-order chi connectivity index (χ1) is 12.7. The van der Waals surface area contributed by atoms with Gasteiger partial charge in [-0.1, -0.05) is 0 Å². The Hall–Kier alpha value is -2.32. The predicted octanol–water partition coefficient (Wildman–Crippen LogP) is 3.83. The molecule has 0 spiro atoms. The van der Waals surface area contributed by atoms with E-state index in [1.54, 1.807) is 29.8 Å². The molecule has 4 heterocycles. The molecule has 3 aromatic heterocycles. The molecule has 0 aliphatic carbocycles. The summed E-state index contributed by atoms with van der Waals surface area (Å²) in [5.41, 5.74) is 0.923. The van der Waals surface area contributed by atoms with Crippen LogP contribution in [0.25, 0.3) is 10.6 Å². The number of thiophene rings is 1. The molecule has 0 saturated carbocycles. The number of nitrogens with zero attached hydrogens (tertiary/aromatic N) is 4. The number of carbonyl (C=O) groups is 1. The number of aryl methyl sites for hydroxylation is 1. The lowest BCUT2D eigenvalue weighted by molar-refractivity contribution is -0.120. The third kappa shape index (κ3) is 3.76. The number of piperidine rings is 1. The van der Waals surface area contributed by atoms with Crippen LogP contribution in [0.1, 0.15) is 17.7 Å². The first-order valence-electron chi connectivity index (χ1n) is 8.54. The number of hydrogen-bond acceptors (Lipinski definition) is 7. The van der Waals surface area contributed by atoms with Crippen LogP contribution in [0.3, 0.4) is 0 Å².